The molecule has 2 unspecified atom stereocenters. The molecular formula is C19H23Cl2NO3. The van der Waals surface area contributed by atoms with Gasteiger partial charge in [-0.3, -0.25) is 4.90 Å². The summed E-state index contributed by atoms with van der Waals surface area (Å²) in [5.74, 6) is -0.711. The fourth-order valence-electron chi connectivity index (χ4n) is 4.06. The van der Waals surface area contributed by atoms with Crippen LogP contribution in [0, 0.1) is 0 Å². The average molecular weight is 384 g/mol. The monoisotopic (exact) mass is 383 g/mol. The van der Waals surface area contributed by atoms with Crippen LogP contribution in [0.25, 0.3) is 6.08 Å². The normalized spacial score (nSPS) is 25.4. The highest BCUT2D eigenvalue weighted by atomic mass is 35.5. The van der Waals surface area contributed by atoms with Crippen LogP contribution in [0.5, 0.6) is 0 Å². The number of morpholine rings is 1. The fourth-order valence-corrected chi connectivity index (χ4v) is 4.54. The summed E-state index contributed by atoms with van der Waals surface area (Å²) in [6, 6.07) is 4.00. The molecule has 0 spiro atoms. The van der Waals surface area contributed by atoms with E-state index < -0.39 is 5.97 Å². The van der Waals surface area contributed by atoms with Crippen molar-refractivity contribution < 1.29 is 14.6 Å². The van der Waals surface area contributed by atoms with Gasteiger partial charge in [0.15, 0.2) is 0 Å². The number of carbonyl (C=O) groups is 1. The van der Waals surface area contributed by atoms with Crippen molar-refractivity contribution in [3.8, 4) is 0 Å². The molecule has 1 aromatic carbocycles. The summed E-state index contributed by atoms with van der Waals surface area (Å²) in [5.41, 5.74) is 1.84. The lowest BCUT2D eigenvalue weighted by Gasteiger charge is -2.42. The van der Waals surface area contributed by atoms with Crippen LogP contribution in [0.3, 0.4) is 0 Å². The molecule has 1 aromatic rings. The third-order valence-electron chi connectivity index (χ3n) is 5.19. The molecule has 2 atom stereocenters. The minimum atomic E-state index is -0.967. The zero-order chi connectivity index (χ0) is 17.8. The quantitative estimate of drug-likeness (QED) is 0.780. The van der Waals surface area contributed by atoms with E-state index in [-0.39, 0.29) is 5.92 Å². The van der Waals surface area contributed by atoms with E-state index in [0.29, 0.717) is 16.1 Å². The summed E-state index contributed by atoms with van der Waals surface area (Å²) in [6.45, 7) is 3.38. The number of benzene rings is 1. The van der Waals surface area contributed by atoms with Crippen LogP contribution < -0.4 is 0 Å². The molecule has 4 nitrogen and oxygen atoms in total. The maximum atomic E-state index is 11.0. The second-order valence-corrected chi connectivity index (χ2v) is 7.43. The maximum Gasteiger partial charge on any atom is 0.328 e. The van der Waals surface area contributed by atoms with Gasteiger partial charge in [0.25, 0.3) is 0 Å². The van der Waals surface area contributed by atoms with Crippen LogP contribution in [-0.2, 0) is 9.53 Å². The van der Waals surface area contributed by atoms with E-state index in [4.69, 9.17) is 33.0 Å². The van der Waals surface area contributed by atoms with Crippen molar-refractivity contribution in [3.63, 3.8) is 0 Å². The number of hydrogen-bond acceptors (Lipinski definition) is 3. The Morgan fingerprint density at radius 3 is 2.64 bits per heavy atom. The third-order valence-corrected chi connectivity index (χ3v) is 6.01. The maximum absolute atomic E-state index is 11.0. The van der Waals surface area contributed by atoms with Gasteiger partial charge in [0.2, 0.25) is 0 Å². The summed E-state index contributed by atoms with van der Waals surface area (Å²) in [7, 11) is 0. The Hall–Kier alpha value is -1.07. The first-order valence-electron chi connectivity index (χ1n) is 8.78. The molecule has 136 valence electrons. The highest BCUT2D eigenvalue weighted by Gasteiger charge is 2.34. The van der Waals surface area contributed by atoms with Gasteiger partial charge in [-0.15, -0.1) is 0 Å². The highest BCUT2D eigenvalue weighted by molar-refractivity contribution is 6.42. The minimum Gasteiger partial charge on any atom is -0.478 e. The van der Waals surface area contributed by atoms with Gasteiger partial charge in [-0.25, -0.2) is 4.79 Å². The molecule has 0 amide bonds. The molecule has 2 fully saturated rings. The lowest BCUT2D eigenvalue weighted by molar-refractivity contribution is -0.131. The standard InChI is InChI=1S/C19H23Cl2NO3/c20-15-7-5-13(6-8-17(23)24)18(19(15)21)14-3-1-2-4-16(14)22-9-11-25-12-10-22/h5-8,14,16H,1-4,9-12H2,(H,23,24). The number of halogens is 2. The van der Waals surface area contributed by atoms with Crippen molar-refractivity contribution in [3.05, 3.63) is 39.4 Å². The molecule has 0 bridgehead atoms. The Kier molecular flexibility index (Phi) is 6.39. The first-order valence-corrected chi connectivity index (χ1v) is 9.54. The number of nitrogens with zero attached hydrogens (tertiary/aromatic N) is 1. The van der Waals surface area contributed by atoms with E-state index in [1.165, 1.54) is 6.42 Å². The van der Waals surface area contributed by atoms with Gasteiger partial charge in [0.05, 0.1) is 23.3 Å². The lowest BCUT2D eigenvalue weighted by atomic mass is 9.77. The predicted octanol–water partition coefficient (Wildman–Crippen LogP) is 4.45. The third kappa shape index (κ3) is 4.37. The van der Waals surface area contributed by atoms with Crippen molar-refractivity contribution >= 4 is 35.2 Å². The highest BCUT2D eigenvalue weighted by Crippen LogP contribution is 2.43. The van der Waals surface area contributed by atoms with E-state index in [1.807, 2.05) is 6.07 Å². The summed E-state index contributed by atoms with van der Waals surface area (Å²) >= 11 is 12.9. The molecule has 6 heteroatoms. The molecular weight excluding hydrogens is 361 g/mol. The Morgan fingerprint density at radius 2 is 1.92 bits per heavy atom. The fraction of sp³-hybridized carbons (Fsp3) is 0.526. The van der Waals surface area contributed by atoms with Crippen LogP contribution in [-0.4, -0.2) is 48.3 Å². The second kappa shape index (κ2) is 8.54. The Bertz CT molecular complexity index is 656. The first kappa shape index (κ1) is 18.7. The predicted molar refractivity (Wildman–Crippen MR) is 101 cm³/mol. The molecule has 1 heterocycles. The van der Waals surface area contributed by atoms with Gasteiger partial charge < -0.3 is 9.84 Å². The van der Waals surface area contributed by atoms with Crippen molar-refractivity contribution in [2.45, 2.75) is 37.6 Å². The number of hydrogen-bond donors (Lipinski definition) is 1. The number of carboxylic acid groups (broad SMARTS) is 1. The minimum absolute atomic E-state index is 0.256. The molecule has 25 heavy (non-hydrogen) atoms. The number of rotatable bonds is 4. The molecule has 2 aliphatic rings. The molecule has 1 aliphatic carbocycles. The van der Waals surface area contributed by atoms with Crippen LogP contribution in [0.4, 0.5) is 0 Å². The smallest absolute Gasteiger partial charge is 0.328 e. The Morgan fingerprint density at radius 1 is 1.20 bits per heavy atom. The molecule has 3 rings (SSSR count). The van der Waals surface area contributed by atoms with Crippen LogP contribution >= 0.6 is 23.2 Å². The largest absolute Gasteiger partial charge is 0.478 e. The topological polar surface area (TPSA) is 49.8 Å². The van der Waals surface area contributed by atoms with E-state index in [2.05, 4.69) is 4.90 Å². The number of ether oxygens (including phenoxy) is 1. The van der Waals surface area contributed by atoms with Crippen molar-refractivity contribution in [2.75, 3.05) is 26.3 Å². The van der Waals surface area contributed by atoms with E-state index in [9.17, 15) is 4.79 Å². The van der Waals surface area contributed by atoms with Gasteiger partial charge in [-0.2, -0.15) is 0 Å². The summed E-state index contributed by atoms with van der Waals surface area (Å²) in [4.78, 5) is 13.5. The summed E-state index contributed by atoms with van der Waals surface area (Å²) < 4.78 is 5.50. The van der Waals surface area contributed by atoms with Gasteiger partial charge >= 0.3 is 5.97 Å². The van der Waals surface area contributed by atoms with E-state index in [0.717, 1.165) is 62.8 Å². The van der Waals surface area contributed by atoms with Crippen molar-refractivity contribution in [1.29, 1.82) is 0 Å². The van der Waals surface area contributed by atoms with Gasteiger partial charge in [-0.1, -0.05) is 42.1 Å². The Balaban J connectivity index is 1.99. The SMILES string of the molecule is O=C(O)C=Cc1ccc(Cl)c(Cl)c1C1CCCCC1N1CCOCC1. The summed E-state index contributed by atoms with van der Waals surface area (Å²) in [6.07, 6.45) is 7.31. The van der Waals surface area contributed by atoms with Gasteiger partial charge in [0, 0.05) is 31.1 Å². The Labute approximate surface area is 158 Å². The van der Waals surface area contributed by atoms with Crippen molar-refractivity contribution in [1.82, 2.24) is 4.90 Å². The van der Waals surface area contributed by atoms with E-state index >= 15 is 0 Å². The zero-order valence-electron chi connectivity index (χ0n) is 14.1. The number of aliphatic carboxylic acids is 1. The molecule has 0 aromatic heterocycles. The summed E-state index contributed by atoms with van der Waals surface area (Å²) in [5, 5.41) is 10.1. The first-order chi connectivity index (χ1) is 12.1. The van der Waals surface area contributed by atoms with Crippen molar-refractivity contribution in [2.24, 2.45) is 0 Å². The average Bonchev–Trinajstić information content (AvgIpc) is 2.63. The van der Waals surface area contributed by atoms with Gasteiger partial charge in [0.1, 0.15) is 0 Å². The molecule has 1 saturated carbocycles. The molecule has 1 N–H and O–H groups in total. The molecule has 1 aliphatic heterocycles. The molecule has 1 saturated heterocycles. The van der Waals surface area contributed by atoms with Crippen LogP contribution in [0.2, 0.25) is 10.0 Å². The van der Waals surface area contributed by atoms with E-state index in [1.54, 1.807) is 12.1 Å². The zero-order valence-corrected chi connectivity index (χ0v) is 15.6. The van der Waals surface area contributed by atoms with Gasteiger partial charge in [-0.05, 0) is 36.1 Å². The number of carboxylic acids is 1. The van der Waals surface area contributed by atoms with Crippen LogP contribution in [0.1, 0.15) is 42.7 Å². The van der Waals surface area contributed by atoms with Crippen LogP contribution in [0.15, 0.2) is 18.2 Å². The molecule has 0 radical (unpaired) electrons. The second-order valence-electron chi connectivity index (χ2n) is 6.64. The lowest BCUT2D eigenvalue weighted by Crippen LogP contribution is -2.47.